The molecule has 0 amide bonds. The van der Waals surface area contributed by atoms with Crippen molar-refractivity contribution in [2.45, 2.75) is 43.3 Å². The van der Waals surface area contributed by atoms with Crippen molar-refractivity contribution in [2.75, 3.05) is 6.61 Å². The molecule has 0 bridgehead atoms. The molecule has 0 aliphatic carbocycles. The van der Waals surface area contributed by atoms with E-state index in [1.807, 2.05) is 11.8 Å². The van der Waals surface area contributed by atoms with Crippen LogP contribution < -0.4 is 4.74 Å². The first-order chi connectivity index (χ1) is 10.1. The molecule has 1 atom stereocenters. The van der Waals surface area contributed by atoms with E-state index in [1.165, 1.54) is 21.6 Å². The summed E-state index contributed by atoms with van der Waals surface area (Å²) in [6.45, 7) is 7.34. The van der Waals surface area contributed by atoms with Crippen LogP contribution in [0.1, 0.15) is 36.5 Å². The van der Waals surface area contributed by atoms with Gasteiger partial charge in [0.05, 0.1) is 0 Å². The molecule has 0 saturated carbocycles. The van der Waals surface area contributed by atoms with Gasteiger partial charge in [-0.15, -0.1) is 11.8 Å². The van der Waals surface area contributed by atoms with Gasteiger partial charge in [-0.05, 0) is 48.1 Å². The van der Waals surface area contributed by atoms with E-state index in [0.717, 1.165) is 18.8 Å². The lowest BCUT2D eigenvalue weighted by Crippen LogP contribution is -2.14. The number of benzene rings is 2. The Balaban J connectivity index is 1.65. The minimum atomic E-state index is 0.532. The number of fused-ring (bicyclic) bond motifs is 1. The molecule has 2 aromatic rings. The Morgan fingerprint density at radius 3 is 2.76 bits per heavy atom. The van der Waals surface area contributed by atoms with Gasteiger partial charge in [0.15, 0.2) is 0 Å². The third-order valence-corrected chi connectivity index (χ3v) is 5.31. The third kappa shape index (κ3) is 3.26. The molecule has 0 fully saturated rings. The van der Waals surface area contributed by atoms with Crippen LogP contribution >= 0.6 is 11.8 Å². The molecule has 0 aromatic heterocycles. The molecule has 1 aliphatic rings. The first-order valence-electron chi connectivity index (χ1n) is 7.61. The quantitative estimate of drug-likeness (QED) is 0.766. The molecule has 2 heteroatoms. The highest BCUT2D eigenvalue weighted by atomic mass is 32.2. The second-order valence-electron chi connectivity index (χ2n) is 6.04. The Morgan fingerprint density at radius 1 is 1.19 bits per heavy atom. The smallest absolute Gasteiger partial charge is 0.122 e. The summed E-state index contributed by atoms with van der Waals surface area (Å²) in [5, 5.41) is 0.532. The first-order valence-corrected chi connectivity index (χ1v) is 8.49. The van der Waals surface area contributed by atoms with Crippen LogP contribution in [0.4, 0.5) is 0 Å². The molecule has 0 radical (unpaired) electrons. The molecule has 0 spiro atoms. The largest absolute Gasteiger partial charge is 0.492 e. The number of hydrogen-bond acceptors (Lipinski definition) is 2. The lowest BCUT2D eigenvalue weighted by molar-refractivity contribution is 0.315. The van der Waals surface area contributed by atoms with Gasteiger partial charge in [0.1, 0.15) is 12.4 Å². The minimum Gasteiger partial charge on any atom is -0.492 e. The van der Waals surface area contributed by atoms with Crippen molar-refractivity contribution in [1.82, 2.24) is 0 Å². The van der Waals surface area contributed by atoms with Gasteiger partial charge >= 0.3 is 0 Å². The van der Waals surface area contributed by atoms with E-state index in [0.29, 0.717) is 11.2 Å². The van der Waals surface area contributed by atoms with E-state index in [4.69, 9.17) is 4.74 Å². The Bertz CT molecular complexity index is 608. The number of thioether (sulfide) groups is 1. The molecule has 0 N–H and O–H groups in total. The maximum absolute atomic E-state index is 6.12. The van der Waals surface area contributed by atoms with Gasteiger partial charge in [-0.3, -0.25) is 0 Å². The summed E-state index contributed by atoms with van der Waals surface area (Å²) in [5.74, 6) is 1.58. The van der Waals surface area contributed by atoms with Gasteiger partial charge in [0.2, 0.25) is 0 Å². The van der Waals surface area contributed by atoms with Crippen LogP contribution in [0.25, 0.3) is 0 Å². The first kappa shape index (κ1) is 14.5. The summed E-state index contributed by atoms with van der Waals surface area (Å²) in [6, 6.07) is 15.3. The SMILES string of the molecule is Cc1ccc(C(C)C)cc1OCC1Cc2ccccc2S1. The fourth-order valence-electron chi connectivity index (χ4n) is 2.66. The van der Waals surface area contributed by atoms with Crippen LogP contribution in [0.5, 0.6) is 5.75 Å². The highest BCUT2D eigenvalue weighted by molar-refractivity contribution is 8.00. The molecular formula is C19H22OS. The normalized spacial score (nSPS) is 17.0. The van der Waals surface area contributed by atoms with Gasteiger partial charge in [0.25, 0.3) is 0 Å². The summed E-state index contributed by atoms with van der Waals surface area (Å²) in [5.41, 5.74) is 4.03. The zero-order chi connectivity index (χ0) is 14.8. The molecule has 1 nitrogen and oxygen atoms in total. The van der Waals surface area contributed by atoms with Crippen LogP contribution in [0.2, 0.25) is 0 Å². The van der Waals surface area contributed by atoms with Gasteiger partial charge in [-0.2, -0.15) is 0 Å². The van der Waals surface area contributed by atoms with Gasteiger partial charge < -0.3 is 4.74 Å². The van der Waals surface area contributed by atoms with E-state index in [-0.39, 0.29) is 0 Å². The third-order valence-electron chi connectivity index (χ3n) is 4.02. The second kappa shape index (κ2) is 6.15. The lowest BCUT2D eigenvalue weighted by Gasteiger charge is -2.15. The van der Waals surface area contributed by atoms with Gasteiger partial charge in [-0.25, -0.2) is 0 Å². The van der Waals surface area contributed by atoms with Crippen LogP contribution in [0, 0.1) is 6.92 Å². The summed E-state index contributed by atoms with van der Waals surface area (Å²) in [7, 11) is 0. The monoisotopic (exact) mass is 298 g/mol. The molecule has 1 unspecified atom stereocenters. The molecule has 3 rings (SSSR count). The van der Waals surface area contributed by atoms with E-state index < -0.39 is 0 Å². The second-order valence-corrected chi connectivity index (χ2v) is 7.38. The van der Waals surface area contributed by atoms with Crippen molar-refractivity contribution in [2.24, 2.45) is 0 Å². The number of rotatable bonds is 4. The maximum Gasteiger partial charge on any atom is 0.122 e. The molecule has 0 saturated heterocycles. The van der Waals surface area contributed by atoms with Crippen LogP contribution in [-0.4, -0.2) is 11.9 Å². The minimum absolute atomic E-state index is 0.532. The fraction of sp³-hybridized carbons (Fsp3) is 0.368. The lowest BCUT2D eigenvalue weighted by atomic mass is 10.0. The average molecular weight is 298 g/mol. The molecule has 1 aliphatic heterocycles. The fourth-order valence-corrected chi connectivity index (χ4v) is 3.88. The topological polar surface area (TPSA) is 9.23 Å². The average Bonchev–Trinajstić information content (AvgIpc) is 2.89. The number of ether oxygens (including phenoxy) is 1. The van der Waals surface area contributed by atoms with E-state index in [2.05, 4.69) is 63.2 Å². The van der Waals surface area contributed by atoms with Gasteiger partial charge in [0, 0.05) is 10.1 Å². The van der Waals surface area contributed by atoms with Crippen molar-refractivity contribution in [3.05, 3.63) is 59.2 Å². The summed E-state index contributed by atoms with van der Waals surface area (Å²) in [6.07, 6.45) is 1.11. The highest BCUT2D eigenvalue weighted by Gasteiger charge is 2.22. The predicted molar refractivity (Wildman–Crippen MR) is 90.6 cm³/mol. The van der Waals surface area contributed by atoms with Crippen LogP contribution in [0.3, 0.4) is 0 Å². The van der Waals surface area contributed by atoms with E-state index >= 15 is 0 Å². The van der Waals surface area contributed by atoms with Crippen molar-refractivity contribution < 1.29 is 4.74 Å². The molecule has 21 heavy (non-hydrogen) atoms. The molecular weight excluding hydrogens is 276 g/mol. The van der Waals surface area contributed by atoms with Crippen LogP contribution in [0.15, 0.2) is 47.4 Å². The van der Waals surface area contributed by atoms with Crippen molar-refractivity contribution in [3.8, 4) is 5.75 Å². The molecule has 2 aromatic carbocycles. The molecule has 110 valence electrons. The Hall–Kier alpha value is -1.41. The van der Waals surface area contributed by atoms with E-state index in [9.17, 15) is 0 Å². The summed E-state index contributed by atoms with van der Waals surface area (Å²) >= 11 is 1.95. The maximum atomic E-state index is 6.12. The number of hydrogen-bond donors (Lipinski definition) is 0. The van der Waals surface area contributed by atoms with Gasteiger partial charge in [-0.1, -0.05) is 44.2 Å². The molecule has 1 heterocycles. The number of aryl methyl sites for hydroxylation is 1. The van der Waals surface area contributed by atoms with Crippen molar-refractivity contribution in [1.29, 1.82) is 0 Å². The van der Waals surface area contributed by atoms with Crippen LogP contribution in [-0.2, 0) is 6.42 Å². The Labute approximate surface area is 131 Å². The van der Waals surface area contributed by atoms with E-state index in [1.54, 1.807) is 0 Å². The zero-order valence-electron chi connectivity index (χ0n) is 12.9. The zero-order valence-corrected chi connectivity index (χ0v) is 13.7. The summed E-state index contributed by atoms with van der Waals surface area (Å²) < 4.78 is 6.12. The Morgan fingerprint density at radius 2 is 2.00 bits per heavy atom. The standard InChI is InChI=1S/C19H22OS/c1-13(2)15-9-8-14(3)18(11-15)20-12-17-10-16-6-4-5-7-19(16)21-17/h4-9,11,13,17H,10,12H2,1-3H3. The highest BCUT2D eigenvalue weighted by Crippen LogP contribution is 2.37. The summed E-state index contributed by atoms with van der Waals surface area (Å²) in [4.78, 5) is 1.42. The van der Waals surface area contributed by atoms with Crippen molar-refractivity contribution in [3.63, 3.8) is 0 Å². The predicted octanol–water partition coefficient (Wildman–Crippen LogP) is 5.21. The van der Waals surface area contributed by atoms with Crippen molar-refractivity contribution >= 4 is 11.8 Å². The Kier molecular flexibility index (Phi) is 4.25.